The summed E-state index contributed by atoms with van der Waals surface area (Å²) in [4.78, 5) is 18.0. The fourth-order valence-electron chi connectivity index (χ4n) is 2.84. The van der Waals surface area contributed by atoms with Crippen LogP contribution in [0.5, 0.6) is 0 Å². The summed E-state index contributed by atoms with van der Waals surface area (Å²) in [5.74, 6) is 1.42. The van der Waals surface area contributed by atoms with Crippen molar-refractivity contribution in [3.63, 3.8) is 0 Å². The van der Waals surface area contributed by atoms with Gasteiger partial charge in [0.1, 0.15) is 0 Å². The molecule has 1 saturated carbocycles. The maximum atomic E-state index is 11.8. The van der Waals surface area contributed by atoms with E-state index in [-0.39, 0.29) is 36.4 Å². The highest BCUT2D eigenvalue weighted by Gasteiger charge is 2.14. The van der Waals surface area contributed by atoms with E-state index in [9.17, 15) is 4.79 Å². The third-order valence-corrected chi connectivity index (χ3v) is 4.51. The van der Waals surface area contributed by atoms with Crippen molar-refractivity contribution < 1.29 is 4.79 Å². The van der Waals surface area contributed by atoms with E-state index in [1.807, 2.05) is 17.8 Å². The molecule has 0 atom stereocenters. The van der Waals surface area contributed by atoms with Crippen LogP contribution in [0.1, 0.15) is 37.8 Å². The van der Waals surface area contributed by atoms with Crippen LogP contribution in [-0.4, -0.2) is 53.7 Å². The molecule has 0 bridgehead atoms. The van der Waals surface area contributed by atoms with Gasteiger partial charge in [-0.3, -0.25) is 9.48 Å². The first-order valence-electron chi connectivity index (χ1n) is 8.75. The zero-order valence-corrected chi connectivity index (χ0v) is 17.8. The van der Waals surface area contributed by atoms with Gasteiger partial charge in [-0.15, -0.1) is 24.0 Å². The molecule has 8 heteroatoms. The number of amides is 1. The molecule has 1 aromatic heterocycles. The summed E-state index contributed by atoms with van der Waals surface area (Å²) in [6, 6.07) is 1.95. The van der Waals surface area contributed by atoms with E-state index in [0.717, 1.165) is 12.2 Å². The zero-order valence-electron chi connectivity index (χ0n) is 15.5. The van der Waals surface area contributed by atoms with Crippen molar-refractivity contribution in [2.45, 2.75) is 38.6 Å². The van der Waals surface area contributed by atoms with Gasteiger partial charge >= 0.3 is 0 Å². The average Bonchev–Trinajstić information content (AvgIpc) is 2.99. The van der Waals surface area contributed by atoms with Crippen molar-refractivity contribution in [1.82, 2.24) is 25.3 Å². The number of nitrogens with one attached hydrogen (secondary N) is 2. The maximum Gasteiger partial charge on any atom is 0.241 e. The molecule has 1 aliphatic rings. The third-order valence-electron chi connectivity index (χ3n) is 4.51. The summed E-state index contributed by atoms with van der Waals surface area (Å²) in [5, 5.41) is 10.7. The number of likely N-dealkylation sites (N-methyl/N-ethyl adjacent to an activating group) is 1. The van der Waals surface area contributed by atoms with E-state index in [0.29, 0.717) is 18.4 Å². The lowest BCUT2D eigenvalue weighted by molar-refractivity contribution is -0.127. The number of nitrogens with zero attached hydrogens (tertiary/aromatic N) is 4. The summed E-state index contributed by atoms with van der Waals surface area (Å²) < 4.78 is 1.81. The summed E-state index contributed by atoms with van der Waals surface area (Å²) in [7, 11) is 5.42. The lowest BCUT2D eigenvalue weighted by Gasteiger charge is -2.23. The fourth-order valence-corrected chi connectivity index (χ4v) is 2.84. The maximum absolute atomic E-state index is 11.8. The van der Waals surface area contributed by atoms with Gasteiger partial charge in [0.25, 0.3) is 0 Å². The number of aryl methyl sites for hydroxylation is 1. The van der Waals surface area contributed by atoms with Gasteiger partial charge in [0, 0.05) is 33.9 Å². The Hall–Kier alpha value is -1.32. The normalized spacial score (nSPS) is 15.4. The lowest BCUT2D eigenvalue weighted by Crippen LogP contribution is -2.44. The topological polar surface area (TPSA) is 74.5 Å². The molecule has 0 unspecified atom stereocenters. The SMILES string of the molecule is CN(C)C(=O)CNC(=NCc1ccnn1C)NCC1CCCCC1.I. The average molecular weight is 462 g/mol. The van der Waals surface area contributed by atoms with Gasteiger partial charge in [-0.25, -0.2) is 4.99 Å². The van der Waals surface area contributed by atoms with Crippen LogP contribution in [0.3, 0.4) is 0 Å². The molecule has 0 spiro atoms. The summed E-state index contributed by atoms with van der Waals surface area (Å²) >= 11 is 0. The minimum Gasteiger partial charge on any atom is -0.356 e. The van der Waals surface area contributed by atoms with Crippen LogP contribution >= 0.6 is 24.0 Å². The van der Waals surface area contributed by atoms with E-state index >= 15 is 0 Å². The molecule has 1 heterocycles. The molecule has 0 radical (unpaired) electrons. The van der Waals surface area contributed by atoms with Gasteiger partial charge in [-0.2, -0.15) is 5.10 Å². The second-order valence-corrected chi connectivity index (χ2v) is 6.64. The Morgan fingerprint density at radius 3 is 2.64 bits per heavy atom. The minimum absolute atomic E-state index is 0. The predicted molar refractivity (Wildman–Crippen MR) is 111 cm³/mol. The van der Waals surface area contributed by atoms with Crippen LogP contribution in [0.2, 0.25) is 0 Å². The van der Waals surface area contributed by atoms with E-state index in [2.05, 4.69) is 20.7 Å². The summed E-state index contributed by atoms with van der Waals surface area (Å²) in [6.45, 7) is 1.69. The lowest BCUT2D eigenvalue weighted by atomic mass is 9.89. The molecule has 142 valence electrons. The van der Waals surface area contributed by atoms with Crippen molar-refractivity contribution in [2.75, 3.05) is 27.2 Å². The van der Waals surface area contributed by atoms with Gasteiger partial charge in [-0.1, -0.05) is 19.3 Å². The Kier molecular flexibility index (Phi) is 9.84. The van der Waals surface area contributed by atoms with Crippen LogP contribution < -0.4 is 10.6 Å². The highest BCUT2D eigenvalue weighted by atomic mass is 127. The molecule has 7 nitrogen and oxygen atoms in total. The highest BCUT2D eigenvalue weighted by Crippen LogP contribution is 2.22. The number of carbonyl (C=O) groups excluding carboxylic acids is 1. The van der Waals surface area contributed by atoms with Gasteiger partial charge in [-0.05, 0) is 24.8 Å². The van der Waals surface area contributed by atoms with Crippen LogP contribution in [0.15, 0.2) is 17.3 Å². The van der Waals surface area contributed by atoms with Crippen molar-refractivity contribution >= 4 is 35.8 Å². The molecule has 2 N–H and O–H groups in total. The zero-order chi connectivity index (χ0) is 17.4. The Labute approximate surface area is 167 Å². The first-order chi connectivity index (χ1) is 11.6. The summed E-state index contributed by atoms with van der Waals surface area (Å²) in [6.07, 6.45) is 8.31. The molecular formula is C17H31IN6O. The molecule has 0 aliphatic heterocycles. The van der Waals surface area contributed by atoms with Gasteiger partial charge in [0.05, 0.1) is 18.8 Å². The largest absolute Gasteiger partial charge is 0.356 e. The number of guanidine groups is 1. The number of carbonyl (C=O) groups is 1. The van der Waals surface area contributed by atoms with Crippen LogP contribution in [0.4, 0.5) is 0 Å². The fraction of sp³-hybridized carbons (Fsp3) is 0.706. The van der Waals surface area contributed by atoms with Crippen LogP contribution in [0.25, 0.3) is 0 Å². The molecule has 1 aliphatic carbocycles. The van der Waals surface area contributed by atoms with Crippen molar-refractivity contribution in [1.29, 1.82) is 0 Å². The molecule has 1 fully saturated rings. The van der Waals surface area contributed by atoms with E-state index < -0.39 is 0 Å². The molecule has 0 aromatic carbocycles. The second kappa shape index (κ2) is 11.3. The number of halogens is 1. The molecule has 1 amide bonds. The monoisotopic (exact) mass is 462 g/mol. The van der Waals surface area contributed by atoms with E-state index in [4.69, 9.17) is 0 Å². The number of aromatic nitrogens is 2. The molecule has 1 aromatic rings. The second-order valence-electron chi connectivity index (χ2n) is 6.64. The Bertz CT molecular complexity index is 551. The standard InChI is InChI=1S/C17H30N6O.HI/c1-22(2)16(24)13-20-17(18-11-14-7-5-4-6-8-14)19-12-15-9-10-21-23(15)3;/h9-10,14H,4-8,11-13H2,1-3H3,(H2,18,19,20);1H. The molecule has 0 saturated heterocycles. The number of aliphatic imine (C=N–C) groups is 1. The Balaban J connectivity index is 0.00000312. The summed E-state index contributed by atoms with van der Waals surface area (Å²) in [5.41, 5.74) is 1.03. The molecule has 25 heavy (non-hydrogen) atoms. The third kappa shape index (κ3) is 7.62. The number of rotatable bonds is 6. The molecule has 2 rings (SSSR count). The van der Waals surface area contributed by atoms with Gasteiger partial charge in [0.2, 0.25) is 5.91 Å². The van der Waals surface area contributed by atoms with Crippen molar-refractivity contribution in [3.8, 4) is 0 Å². The van der Waals surface area contributed by atoms with Crippen LogP contribution in [0, 0.1) is 5.92 Å². The van der Waals surface area contributed by atoms with Crippen LogP contribution in [-0.2, 0) is 18.4 Å². The Morgan fingerprint density at radius 2 is 2.04 bits per heavy atom. The predicted octanol–water partition coefficient (Wildman–Crippen LogP) is 1.74. The first kappa shape index (κ1) is 21.7. The number of hydrogen-bond donors (Lipinski definition) is 2. The first-order valence-corrected chi connectivity index (χ1v) is 8.75. The molecular weight excluding hydrogens is 431 g/mol. The smallest absolute Gasteiger partial charge is 0.241 e. The van der Waals surface area contributed by atoms with Crippen molar-refractivity contribution in [2.24, 2.45) is 18.0 Å². The van der Waals surface area contributed by atoms with Gasteiger partial charge in [0.15, 0.2) is 5.96 Å². The Morgan fingerprint density at radius 1 is 1.32 bits per heavy atom. The quantitative estimate of drug-likeness (QED) is 0.384. The van der Waals surface area contributed by atoms with E-state index in [1.165, 1.54) is 32.1 Å². The highest BCUT2D eigenvalue weighted by molar-refractivity contribution is 14.0. The van der Waals surface area contributed by atoms with Crippen molar-refractivity contribution in [3.05, 3.63) is 18.0 Å². The van der Waals surface area contributed by atoms with Gasteiger partial charge < -0.3 is 15.5 Å². The van der Waals surface area contributed by atoms with E-state index in [1.54, 1.807) is 25.2 Å². The minimum atomic E-state index is 0. The number of hydrogen-bond acceptors (Lipinski definition) is 3.